The summed E-state index contributed by atoms with van der Waals surface area (Å²) in [5.74, 6) is -5.85. The van der Waals surface area contributed by atoms with E-state index < -0.39 is 72.2 Å². The standard InChI is InChI=1S/C19H35N7O8/c1-9(27)15(19(33)34)26-18(32)12(8-14(23)29)25-17(31)11(4-2-3-7-20)24-16(30)10(21)5-6-13(22)28/h9-12,15,27H,2-8,20-21H2,1H3,(H2,22,28)(H2,23,29)(H,24,30)(H,25,31)(H,26,32)(H,33,34). The number of aliphatic hydroxyl groups excluding tert-OH is 1. The van der Waals surface area contributed by atoms with Gasteiger partial charge in [0.05, 0.1) is 18.6 Å². The van der Waals surface area contributed by atoms with E-state index >= 15 is 0 Å². The van der Waals surface area contributed by atoms with Crippen LogP contribution in [0.15, 0.2) is 0 Å². The molecular formula is C19H35N7O8. The van der Waals surface area contributed by atoms with Gasteiger partial charge in [-0.2, -0.15) is 0 Å². The molecule has 0 aliphatic rings. The Labute approximate surface area is 196 Å². The molecule has 15 nitrogen and oxygen atoms in total. The van der Waals surface area contributed by atoms with Crippen LogP contribution in [0.2, 0.25) is 0 Å². The van der Waals surface area contributed by atoms with Gasteiger partial charge in [-0.15, -0.1) is 0 Å². The lowest BCUT2D eigenvalue weighted by atomic mass is 10.0. The van der Waals surface area contributed by atoms with Crippen LogP contribution in [0.25, 0.3) is 0 Å². The van der Waals surface area contributed by atoms with E-state index in [1.807, 2.05) is 5.32 Å². The first-order valence-corrected chi connectivity index (χ1v) is 10.6. The van der Waals surface area contributed by atoms with Gasteiger partial charge in [0.1, 0.15) is 12.1 Å². The van der Waals surface area contributed by atoms with Gasteiger partial charge >= 0.3 is 5.97 Å². The predicted octanol–water partition coefficient (Wildman–Crippen LogP) is -4.50. The van der Waals surface area contributed by atoms with Gasteiger partial charge in [0.2, 0.25) is 29.5 Å². The number of carbonyl (C=O) groups is 6. The summed E-state index contributed by atoms with van der Waals surface area (Å²) in [5.41, 5.74) is 21.3. The Hall–Kier alpha value is -3.30. The van der Waals surface area contributed by atoms with Crippen molar-refractivity contribution in [1.82, 2.24) is 16.0 Å². The van der Waals surface area contributed by atoms with Crippen LogP contribution >= 0.6 is 0 Å². The smallest absolute Gasteiger partial charge is 0.328 e. The second kappa shape index (κ2) is 15.5. The molecule has 0 rings (SSSR count). The molecule has 5 unspecified atom stereocenters. The highest BCUT2D eigenvalue weighted by Gasteiger charge is 2.32. The van der Waals surface area contributed by atoms with Crippen LogP contribution in [0, 0.1) is 0 Å². The Bertz CT molecular complexity index is 746. The maximum atomic E-state index is 12.8. The van der Waals surface area contributed by atoms with E-state index in [0.717, 1.165) is 6.92 Å². The number of hydrogen-bond donors (Lipinski definition) is 9. The number of nitrogens with two attached hydrogens (primary N) is 4. The summed E-state index contributed by atoms with van der Waals surface area (Å²) < 4.78 is 0. The van der Waals surface area contributed by atoms with Gasteiger partial charge in [0, 0.05) is 6.42 Å². The maximum absolute atomic E-state index is 12.8. The van der Waals surface area contributed by atoms with E-state index in [9.17, 15) is 33.9 Å². The molecule has 194 valence electrons. The molecule has 0 radical (unpaired) electrons. The van der Waals surface area contributed by atoms with Gasteiger partial charge in [-0.25, -0.2) is 4.79 Å². The monoisotopic (exact) mass is 489 g/mol. The third kappa shape index (κ3) is 12.1. The molecule has 0 aromatic heterocycles. The molecule has 0 aromatic rings. The second-order valence-electron chi connectivity index (χ2n) is 7.75. The lowest BCUT2D eigenvalue weighted by Gasteiger charge is -2.25. The SMILES string of the molecule is CC(O)C(NC(=O)C(CC(N)=O)NC(=O)C(CCCCN)NC(=O)C(N)CCC(N)=O)C(=O)O. The highest BCUT2D eigenvalue weighted by atomic mass is 16.4. The lowest BCUT2D eigenvalue weighted by molar-refractivity contribution is -0.145. The number of carbonyl (C=O) groups excluding carboxylic acids is 5. The molecule has 0 bridgehead atoms. The third-order valence-corrected chi connectivity index (χ3v) is 4.70. The van der Waals surface area contributed by atoms with Gasteiger partial charge in [-0.3, -0.25) is 24.0 Å². The Morgan fingerprint density at radius 3 is 1.85 bits per heavy atom. The highest BCUT2D eigenvalue weighted by molar-refractivity contribution is 5.96. The average Bonchev–Trinajstić information content (AvgIpc) is 2.73. The molecule has 15 heteroatoms. The fourth-order valence-corrected chi connectivity index (χ4v) is 2.79. The number of hydrogen-bond acceptors (Lipinski definition) is 9. The minimum Gasteiger partial charge on any atom is -0.480 e. The second-order valence-corrected chi connectivity index (χ2v) is 7.75. The largest absolute Gasteiger partial charge is 0.480 e. The Morgan fingerprint density at radius 2 is 1.38 bits per heavy atom. The van der Waals surface area contributed by atoms with Gasteiger partial charge in [-0.05, 0) is 39.2 Å². The molecule has 5 amide bonds. The summed E-state index contributed by atoms with van der Waals surface area (Å²) in [6, 6.07) is -5.61. The average molecular weight is 490 g/mol. The number of nitrogens with one attached hydrogen (secondary N) is 3. The molecule has 0 saturated heterocycles. The van der Waals surface area contributed by atoms with Crippen molar-refractivity contribution in [1.29, 1.82) is 0 Å². The van der Waals surface area contributed by atoms with Crippen LogP contribution in [0.3, 0.4) is 0 Å². The van der Waals surface area contributed by atoms with E-state index in [-0.39, 0.29) is 19.3 Å². The van der Waals surface area contributed by atoms with Gasteiger partial charge in [0.15, 0.2) is 6.04 Å². The lowest BCUT2D eigenvalue weighted by Crippen LogP contribution is -2.58. The summed E-state index contributed by atoms with van der Waals surface area (Å²) in [4.78, 5) is 71.3. The zero-order valence-corrected chi connectivity index (χ0v) is 19.0. The number of unbranched alkanes of at least 4 members (excludes halogenated alkanes) is 1. The number of rotatable bonds is 17. The fourth-order valence-electron chi connectivity index (χ4n) is 2.79. The molecule has 0 aliphatic carbocycles. The summed E-state index contributed by atoms with van der Waals surface area (Å²) in [6.45, 7) is 1.45. The van der Waals surface area contributed by atoms with Crippen molar-refractivity contribution >= 4 is 35.5 Å². The molecule has 34 heavy (non-hydrogen) atoms. The van der Waals surface area contributed by atoms with E-state index in [1.165, 1.54) is 0 Å². The van der Waals surface area contributed by atoms with Crippen LogP contribution in [-0.4, -0.2) is 82.5 Å². The number of aliphatic hydroxyl groups is 1. The third-order valence-electron chi connectivity index (χ3n) is 4.70. The summed E-state index contributed by atoms with van der Waals surface area (Å²) >= 11 is 0. The van der Waals surface area contributed by atoms with Gasteiger partial charge in [0.25, 0.3) is 0 Å². The zero-order chi connectivity index (χ0) is 26.4. The first kappa shape index (κ1) is 30.7. The van der Waals surface area contributed by atoms with E-state index in [4.69, 9.17) is 28.0 Å². The number of amides is 5. The van der Waals surface area contributed by atoms with Crippen molar-refractivity contribution in [2.75, 3.05) is 6.54 Å². The van der Waals surface area contributed by atoms with Gasteiger partial charge < -0.3 is 49.1 Å². The van der Waals surface area contributed by atoms with Crippen molar-refractivity contribution in [3.05, 3.63) is 0 Å². The molecule has 0 aliphatic heterocycles. The molecule has 13 N–H and O–H groups in total. The number of primary amides is 2. The van der Waals surface area contributed by atoms with Crippen molar-refractivity contribution in [2.45, 2.75) is 75.7 Å². The Kier molecular flexibility index (Phi) is 14.0. The number of aliphatic carboxylic acids is 1. The summed E-state index contributed by atoms with van der Waals surface area (Å²) in [5, 5.41) is 25.4. The normalized spacial score (nSPS) is 15.2. The predicted molar refractivity (Wildman–Crippen MR) is 118 cm³/mol. The molecule has 0 saturated carbocycles. The Morgan fingerprint density at radius 1 is 0.824 bits per heavy atom. The van der Waals surface area contributed by atoms with Crippen LogP contribution in [-0.2, 0) is 28.8 Å². The topological polar surface area (TPSA) is 283 Å². The van der Waals surface area contributed by atoms with Crippen LogP contribution in [0.4, 0.5) is 0 Å². The number of carboxylic acids is 1. The van der Waals surface area contributed by atoms with Crippen LogP contribution in [0.1, 0.15) is 45.4 Å². The minimum atomic E-state index is -1.71. The van der Waals surface area contributed by atoms with E-state index in [0.29, 0.717) is 19.4 Å². The van der Waals surface area contributed by atoms with Crippen LogP contribution in [0.5, 0.6) is 0 Å². The minimum absolute atomic E-state index is 0.0546. The van der Waals surface area contributed by atoms with Crippen molar-refractivity contribution in [2.24, 2.45) is 22.9 Å². The maximum Gasteiger partial charge on any atom is 0.328 e. The quantitative estimate of drug-likeness (QED) is 0.0882. The van der Waals surface area contributed by atoms with Crippen LogP contribution < -0.4 is 38.9 Å². The van der Waals surface area contributed by atoms with Crippen molar-refractivity contribution in [3.8, 4) is 0 Å². The molecular weight excluding hydrogens is 454 g/mol. The summed E-state index contributed by atoms with van der Waals surface area (Å²) in [6.07, 6.45) is -1.31. The first-order valence-electron chi connectivity index (χ1n) is 10.6. The molecule has 5 atom stereocenters. The fraction of sp³-hybridized carbons (Fsp3) is 0.684. The first-order chi connectivity index (χ1) is 15.8. The molecule has 0 aromatic carbocycles. The Balaban J connectivity index is 5.50. The molecule has 0 spiro atoms. The summed E-state index contributed by atoms with van der Waals surface area (Å²) in [7, 11) is 0. The van der Waals surface area contributed by atoms with Crippen molar-refractivity contribution < 1.29 is 39.0 Å². The number of carboxylic acid groups (broad SMARTS) is 1. The van der Waals surface area contributed by atoms with Gasteiger partial charge in [-0.1, -0.05) is 0 Å². The zero-order valence-electron chi connectivity index (χ0n) is 19.0. The van der Waals surface area contributed by atoms with E-state index in [1.54, 1.807) is 0 Å². The van der Waals surface area contributed by atoms with Crippen molar-refractivity contribution in [3.63, 3.8) is 0 Å². The van der Waals surface area contributed by atoms with E-state index in [2.05, 4.69) is 10.6 Å². The molecule has 0 fully saturated rings. The highest BCUT2D eigenvalue weighted by Crippen LogP contribution is 2.05. The molecule has 0 heterocycles.